The van der Waals surface area contributed by atoms with Crippen LogP contribution in [0.3, 0.4) is 0 Å². The topological polar surface area (TPSA) is 42.9 Å². The van der Waals surface area contributed by atoms with Crippen molar-refractivity contribution in [1.82, 2.24) is 10.2 Å². The highest BCUT2D eigenvalue weighted by atomic mass is 32.2. The number of aryl methyl sites for hydroxylation is 1. The van der Waals surface area contributed by atoms with Crippen molar-refractivity contribution in [3.63, 3.8) is 0 Å². The molecule has 0 atom stereocenters. The molecule has 0 aliphatic heterocycles. The van der Waals surface area contributed by atoms with Crippen LogP contribution in [0.15, 0.2) is 31.8 Å². The van der Waals surface area contributed by atoms with Crippen molar-refractivity contribution in [3.8, 4) is 0 Å². The van der Waals surface area contributed by atoms with Crippen LogP contribution in [-0.4, -0.2) is 22.7 Å². The van der Waals surface area contributed by atoms with E-state index in [0.29, 0.717) is 5.56 Å². The van der Waals surface area contributed by atoms with E-state index in [0.717, 1.165) is 25.4 Å². The van der Waals surface area contributed by atoms with Crippen LogP contribution in [0.4, 0.5) is 0 Å². The zero-order chi connectivity index (χ0) is 12.3. The second-order valence-corrected chi connectivity index (χ2v) is 6.60. The SMILES string of the molecule is CSc1nnc(Sc2ccc(C=O)cc2C)s1. The highest BCUT2D eigenvalue weighted by Gasteiger charge is 2.07. The van der Waals surface area contributed by atoms with Crippen molar-refractivity contribution in [1.29, 1.82) is 0 Å². The van der Waals surface area contributed by atoms with Gasteiger partial charge in [-0.3, -0.25) is 4.79 Å². The van der Waals surface area contributed by atoms with E-state index in [2.05, 4.69) is 10.2 Å². The fourth-order valence-electron chi connectivity index (χ4n) is 1.28. The van der Waals surface area contributed by atoms with E-state index in [4.69, 9.17) is 0 Å². The zero-order valence-electron chi connectivity index (χ0n) is 9.34. The Morgan fingerprint density at radius 2 is 2.06 bits per heavy atom. The molecule has 0 bridgehead atoms. The minimum Gasteiger partial charge on any atom is -0.298 e. The zero-order valence-corrected chi connectivity index (χ0v) is 11.8. The lowest BCUT2D eigenvalue weighted by Gasteiger charge is -2.02. The first kappa shape index (κ1) is 12.6. The largest absolute Gasteiger partial charge is 0.298 e. The number of carbonyl (C=O) groups is 1. The fraction of sp³-hybridized carbons (Fsp3) is 0.182. The van der Waals surface area contributed by atoms with Crippen molar-refractivity contribution in [2.45, 2.75) is 20.5 Å². The van der Waals surface area contributed by atoms with E-state index in [1.807, 2.05) is 31.4 Å². The van der Waals surface area contributed by atoms with Crippen LogP contribution >= 0.6 is 34.9 Å². The summed E-state index contributed by atoms with van der Waals surface area (Å²) in [4.78, 5) is 11.8. The molecule has 0 radical (unpaired) electrons. The summed E-state index contributed by atoms with van der Waals surface area (Å²) >= 11 is 4.76. The first-order valence-electron chi connectivity index (χ1n) is 4.84. The van der Waals surface area contributed by atoms with Crippen LogP contribution in [0.1, 0.15) is 15.9 Å². The van der Waals surface area contributed by atoms with Crippen LogP contribution in [0.2, 0.25) is 0 Å². The number of aldehydes is 1. The number of carbonyl (C=O) groups excluding carboxylic acids is 1. The number of hydrogen-bond donors (Lipinski definition) is 0. The van der Waals surface area contributed by atoms with E-state index in [9.17, 15) is 4.79 Å². The van der Waals surface area contributed by atoms with Gasteiger partial charge in [0.1, 0.15) is 6.29 Å². The molecular formula is C11H10N2OS3. The monoisotopic (exact) mass is 282 g/mol. The summed E-state index contributed by atoms with van der Waals surface area (Å²) in [7, 11) is 0. The predicted molar refractivity (Wildman–Crippen MR) is 72.4 cm³/mol. The third-order valence-corrected chi connectivity index (χ3v) is 5.22. The maximum Gasteiger partial charge on any atom is 0.179 e. The average molecular weight is 282 g/mol. The summed E-state index contributed by atoms with van der Waals surface area (Å²) in [5.41, 5.74) is 1.79. The van der Waals surface area contributed by atoms with Gasteiger partial charge in [-0.2, -0.15) is 0 Å². The quantitative estimate of drug-likeness (QED) is 0.634. The molecule has 0 unspecified atom stereocenters. The van der Waals surface area contributed by atoms with Gasteiger partial charge in [0.05, 0.1) is 0 Å². The van der Waals surface area contributed by atoms with Crippen molar-refractivity contribution in [2.24, 2.45) is 0 Å². The molecule has 17 heavy (non-hydrogen) atoms. The van der Waals surface area contributed by atoms with Gasteiger partial charge in [-0.05, 0) is 30.9 Å². The molecule has 2 rings (SSSR count). The molecular weight excluding hydrogens is 272 g/mol. The fourth-order valence-corrected chi connectivity index (χ4v) is 3.74. The summed E-state index contributed by atoms with van der Waals surface area (Å²) < 4.78 is 1.89. The third-order valence-electron chi connectivity index (χ3n) is 2.09. The Hall–Kier alpha value is -0.850. The van der Waals surface area contributed by atoms with Gasteiger partial charge in [-0.1, -0.05) is 40.9 Å². The highest BCUT2D eigenvalue weighted by Crippen LogP contribution is 2.34. The van der Waals surface area contributed by atoms with Crippen molar-refractivity contribution < 1.29 is 4.79 Å². The summed E-state index contributed by atoms with van der Waals surface area (Å²) in [6.45, 7) is 1.99. The van der Waals surface area contributed by atoms with Gasteiger partial charge in [0.25, 0.3) is 0 Å². The molecule has 3 nitrogen and oxygen atoms in total. The lowest BCUT2D eigenvalue weighted by Crippen LogP contribution is -1.84. The maximum absolute atomic E-state index is 10.6. The molecule has 0 saturated heterocycles. The van der Waals surface area contributed by atoms with Crippen molar-refractivity contribution in [3.05, 3.63) is 29.3 Å². The number of benzene rings is 1. The standard InChI is InChI=1S/C11H10N2OS3/c1-7-5-8(6-14)3-4-9(7)16-11-13-12-10(15-2)17-11/h3-6H,1-2H3. The number of aromatic nitrogens is 2. The Kier molecular flexibility index (Phi) is 4.20. The smallest absolute Gasteiger partial charge is 0.179 e. The van der Waals surface area contributed by atoms with Crippen LogP contribution in [0.25, 0.3) is 0 Å². The van der Waals surface area contributed by atoms with Crippen molar-refractivity contribution in [2.75, 3.05) is 6.26 Å². The summed E-state index contributed by atoms with van der Waals surface area (Å²) in [6, 6.07) is 5.65. The lowest BCUT2D eigenvalue weighted by molar-refractivity contribution is 0.112. The molecule has 0 saturated carbocycles. The molecule has 6 heteroatoms. The lowest BCUT2D eigenvalue weighted by atomic mass is 10.2. The van der Waals surface area contributed by atoms with Crippen LogP contribution < -0.4 is 0 Å². The van der Waals surface area contributed by atoms with E-state index >= 15 is 0 Å². The summed E-state index contributed by atoms with van der Waals surface area (Å²) in [5.74, 6) is 0. The van der Waals surface area contributed by atoms with Crippen LogP contribution in [0, 0.1) is 6.92 Å². The Labute approximate surface area is 112 Å². The molecule has 2 aromatic rings. The van der Waals surface area contributed by atoms with Crippen LogP contribution in [0.5, 0.6) is 0 Å². The third kappa shape index (κ3) is 3.08. The Morgan fingerprint density at radius 1 is 1.29 bits per heavy atom. The number of nitrogens with zero attached hydrogens (tertiary/aromatic N) is 2. The molecule has 0 N–H and O–H groups in total. The van der Waals surface area contributed by atoms with Gasteiger partial charge < -0.3 is 0 Å². The summed E-state index contributed by atoms with van der Waals surface area (Å²) in [6.07, 6.45) is 2.84. The Balaban J connectivity index is 2.20. The second kappa shape index (κ2) is 5.66. The molecule has 0 fully saturated rings. The van der Waals surface area contributed by atoms with Crippen molar-refractivity contribution >= 4 is 41.1 Å². The highest BCUT2D eigenvalue weighted by molar-refractivity contribution is 8.03. The molecule has 0 aliphatic rings. The van der Waals surface area contributed by atoms with Gasteiger partial charge in [0.15, 0.2) is 8.68 Å². The number of hydrogen-bond acceptors (Lipinski definition) is 6. The molecule has 1 aromatic heterocycles. The molecule has 0 spiro atoms. The minimum atomic E-state index is 0.703. The predicted octanol–water partition coefficient (Wildman–Crippen LogP) is 3.53. The Morgan fingerprint density at radius 3 is 2.65 bits per heavy atom. The van der Waals surface area contributed by atoms with E-state index in [1.54, 1.807) is 34.9 Å². The number of thioether (sulfide) groups is 1. The normalized spacial score (nSPS) is 10.5. The number of rotatable bonds is 4. The van der Waals surface area contributed by atoms with Gasteiger partial charge >= 0.3 is 0 Å². The maximum atomic E-state index is 10.6. The summed E-state index contributed by atoms with van der Waals surface area (Å²) in [5, 5.41) is 8.16. The van der Waals surface area contributed by atoms with Gasteiger partial charge in [0.2, 0.25) is 0 Å². The Bertz CT molecular complexity index is 539. The van der Waals surface area contributed by atoms with E-state index in [-0.39, 0.29) is 0 Å². The molecule has 1 aromatic carbocycles. The first-order chi connectivity index (χ1) is 8.22. The van der Waals surface area contributed by atoms with Gasteiger partial charge in [-0.25, -0.2) is 0 Å². The van der Waals surface area contributed by atoms with Gasteiger partial charge in [0, 0.05) is 10.5 Å². The van der Waals surface area contributed by atoms with E-state index in [1.165, 1.54) is 0 Å². The van der Waals surface area contributed by atoms with Crippen LogP contribution in [-0.2, 0) is 0 Å². The molecule has 88 valence electrons. The first-order valence-corrected chi connectivity index (χ1v) is 7.70. The average Bonchev–Trinajstić information content (AvgIpc) is 2.79. The molecule has 0 aliphatic carbocycles. The van der Waals surface area contributed by atoms with Gasteiger partial charge in [-0.15, -0.1) is 10.2 Å². The van der Waals surface area contributed by atoms with E-state index < -0.39 is 0 Å². The minimum absolute atomic E-state index is 0.703. The molecule has 0 amide bonds. The second-order valence-electron chi connectivity index (χ2n) is 3.28. The molecule has 1 heterocycles.